The summed E-state index contributed by atoms with van der Waals surface area (Å²) in [6.45, 7) is 6.06. The third kappa shape index (κ3) is 5.19. The second-order valence-electron chi connectivity index (χ2n) is 5.92. The molecule has 0 radical (unpaired) electrons. The quantitative estimate of drug-likeness (QED) is 0.484. The molecule has 1 heterocycles. The van der Waals surface area contributed by atoms with Crippen LogP contribution in [0.4, 0.5) is 16.2 Å². The van der Waals surface area contributed by atoms with Crippen LogP contribution in [0.3, 0.4) is 0 Å². The van der Waals surface area contributed by atoms with Gasteiger partial charge in [-0.3, -0.25) is 4.72 Å². The van der Waals surface area contributed by atoms with E-state index >= 15 is 0 Å². The normalized spacial score (nSPS) is 11.4. The van der Waals surface area contributed by atoms with E-state index < -0.39 is 6.03 Å². The summed E-state index contributed by atoms with van der Waals surface area (Å²) in [6.07, 6.45) is 0. The summed E-state index contributed by atoms with van der Waals surface area (Å²) < 4.78 is 3.87. The Balaban J connectivity index is 2.02. The average Bonchev–Trinajstić information content (AvgIpc) is 2.82. The van der Waals surface area contributed by atoms with E-state index in [0.29, 0.717) is 20.6 Å². The van der Waals surface area contributed by atoms with Gasteiger partial charge in [-0.05, 0) is 44.9 Å². The molecule has 0 aliphatic rings. The first-order valence-electron chi connectivity index (χ1n) is 6.94. The van der Waals surface area contributed by atoms with Crippen molar-refractivity contribution in [3.8, 4) is 5.75 Å². The molecular formula is C15H17Cl2N3O2S2. The Morgan fingerprint density at radius 1 is 1.21 bits per heavy atom. The minimum Gasteiger partial charge on any atom is -0.504 e. The first-order chi connectivity index (χ1) is 11.2. The van der Waals surface area contributed by atoms with Gasteiger partial charge >= 0.3 is 6.03 Å². The second kappa shape index (κ2) is 7.84. The first-order valence-corrected chi connectivity index (χ1v) is 9.39. The summed E-state index contributed by atoms with van der Waals surface area (Å²) in [7, 11) is 0. The number of nitrogens with one attached hydrogen (secondary N) is 3. The SMILES string of the molecule is CC(C)(C)NSc1scc(NC(=O)Nc2cccc(Cl)c2Cl)c1O. The maximum Gasteiger partial charge on any atom is 0.323 e. The van der Waals surface area contributed by atoms with Crippen LogP contribution in [-0.4, -0.2) is 16.7 Å². The number of carbonyl (C=O) groups excluding carboxylic acids is 1. The smallest absolute Gasteiger partial charge is 0.323 e. The number of anilines is 2. The monoisotopic (exact) mass is 405 g/mol. The summed E-state index contributed by atoms with van der Waals surface area (Å²) in [6, 6.07) is 4.42. The van der Waals surface area contributed by atoms with Crippen molar-refractivity contribution in [2.75, 3.05) is 10.6 Å². The van der Waals surface area contributed by atoms with Gasteiger partial charge in [-0.25, -0.2) is 4.79 Å². The van der Waals surface area contributed by atoms with Crippen LogP contribution >= 0.6 is 46.5 Å². The highest BCUT2D eigenvalue weighted by Gasteiger charge is 2.17. The largest absolute Gasteiger partial charge is 0.504 e. The lowest BCUT2D eigenvalue weighted by molar-refractivity contribution is 0.262. The van der Waals surface area contributed by atoms with Crippen LogP contribution < -0.4 is 15.4 Å². The Morgan fingerprint density at radius 3 is 2.54 bits per heavy atom. The van der Waals surface area contributed by atoms with E-state index in [0.717, 1.165) is 0 Å². The molecule has 2 amide bonds. The van der Waals surface area contributed by atoms with Crippen LogP contribution in [0, 0.1) is 0 Å². The lowest BCUT2D eigenvalue weighted by atomic mass is 10.1. The molecule has 0 spiro atoms. The number of hydrogen-bond donors (Lipinski definition) is 4. The van der Waals surface area contributed by atoms with E-state index in [1.54, 1.807) is 23.6 Å². The van der Waals surface area contributed by atoms with Crippen LogP contribution in [0.5, 0.6) is 5.75 Å². The van der Waals surface area contributed by atoms with Crippen molar-refractivity contribution < 1.29 is 9.90 Å². The van der Waals surface area contributed by atoms with Crippen molar-refractivity contribution in [1.29, 1.82) is 0 Å². The molecule has 1 aromatic heterocycles. The molecule has 2 aromatic rings. The molecular weight excluding hydrogens is 389 g/mol. The molecule has 4 N–H and O–H groups in total. The number of urea groups is 1. The van der Waals surface area contributed by atoms with Crippen molar-refractivity contribution in [3.63, 3.8) is 0 Å². The molecule has 0 fully saturated rings. The highest BCUT2D eigenvalue weighted by atomic mass is 35.5. The molecule has 24 heavy (non-hydrogen) atoms. The third-order valence-corrected chi connectivity index (χ3v) is 5.84. The standard InChI is InChI=1S/C15H17Cl2N3O2S2/c1-15(2,3)20-24-13-12(21)10(7-23-13)19-14(22)18-9-6-4-5-8(16)11(9)17/h4-7,20-21H,1-3H3,(H2,18,19,22). The Bertz CT molecular complexity index is 745. The fourth-order valence-corrected chi connectivity index (χ4v) is 3.60. The number of aromatic hydroxyl groups is 1. The predicted molar refractivity (Wildman–Crippen MR) is 104 cm³/mol. The van der Waals surface area contributed by atoms with Gasteiger partial charge < -0.3 is 15.7 Å². The second-order valence-corrected chi connectivity index (χ2v) is 8.66. The van der Waals surface area contributed by atoms with Gasteiger partial charge in [-0.2, -0.15) is 0 Å². The minimum absolute atomic E-state index is 0.0223. The molecule has 9 heteroatoms. The van der Waals surface area contributed by atoms with Crippen molar-refractivity contribution in [2.45, 2.75) is 30.5 Å². The third-order valence-electron chi connectivity index (χ3n) is 2.63. The lowest BCUT2D eigenvalue weighted by Gasteiger charge is -2.18. The van der Waals surface area contributed by atoms with Crippen molar-refractivity contribution in [1.82, 2.24) is 4.72 Å². The average molecular weight is 406 g/mol. The zero-order valence-corrected chi connectivity index (χ0v) is 16.4. The zero-order valence-electron chi connectivity index (χ0n) is 13.2. The molecule has 130 valence electrons. The molecule has 0 atom stereocenters. The lowest BCUT2D eigenvalue weighted by Crippen LogP contribution is -2.29. The topological polar surface area (TPSA) is 73.4 Å². The fourth-order valence-electron chi connectivity index (χ4n) is 1.57. The van der Waals surface area contributed by atoms with Crippen LogP contribution in [-0.2, 0) is 0 Å². The van der Waals surface area contributed by atoms with Gasteiger partial charge in [-0.15, -0.1) is 11.3 Å². The van der Waals surface area contributed by atoms with E-state index in [9.17, 15) is 9.90 Å². The van der Waals surface area contributed by atoms with Gasteiger partial charge in [0, 0.05) is 10.9 Å². The summed E-state index contributed by atoms with van der Waals surface area (Å²) in [4.78, 5) is 12.1. The van der Waals surface area contributed by atoms with Gasteiger partial charge in [0.1, 0.15) is 4.21 Å². The number of amides is 2. The zero-order chi connectivity index (χ0) is 17.9. The Kier molecular flexibility index (Phi) is 6.28. The predicted octanol–water partition coefficient (Wildman–Crippen LogP) is 5.80. The highest BCUT2D eigenvalue weighted by molar-refractivity contribution is 7.99. The van der Waals surface area contributed by atoms with Gasteiger partial charge in [0.05, 0.1) is 21.4 Å². The summed E-state index contributed by atoms with van der Waals surface area (Å²) in [5, 5.41) is 17.7. The first kappa shape index (κ1) is 19.2. The van der Waals surface area contributed by atoms with E-state index in [4.69, 9.17) is 23.2 Å². The molecule has 0 saturated heterocycles. The fraction of sp³-hybridized carbons (Fsp3) is 0.267. The maximum absolute atomic E-state index is 12.1. The number of thiophene rings is 1. The van der Waals surface area contributed by atoms with E-state index in [1.807, 2.05) is 20.8 Å². The van der Waals surface area contributed by atoms with Crippen molar-refractivity contribution in [2.24, 2.45) is 0 Å². The van der Waals surface area contributed by atoms with Crippen molar-refractivity contribution in [3.05, 3.63) is 33.6 Å². The number of rotatable bonds is 4. The molecule has 0 aliphatic heterocycles. The van der Waals surface area contributed by atoms with Gasteiger partial charge in [0.2, 0.25) is 0 Å². The van der Waals surface area contributed by atoms with Gasteiger partial charge in [-0.1, -0.05) is 29.3 Å². The molecule has 0 saturated carbocycles. The van der Waals surface area contributed by atoms with Crippen LogP contribution in [0.1, 0.15) is 20.8 Å². The molecule has 2 rings (SSSR count). The molecule has 1 aromatic carbocycles. The van der Waals surface area contributed by atoms with Gasteiger partial charge in [0.25, 0.3) is 0 Å². The highest BCUT2D eigenvalue weighted by Crippen LogP contribution is 2.40. The molecule has 5 nitrogen and oxygen atoms in total. The number of benzene rings is 1. The van der Waals surface area contributed by atoms with Gasteiger partial charge in [0.15, 0.2) is 5.75 Å². The minimum atomic E-state index is -0.521. The van der Waals surface area contributed by atoms with Crippen LogP contribution in [0.2, 0.25) is 10.0 Å². The van der Waals surface area contributed by atoms with E-state index in [2.05, 4.69) is 15.4 Å². The van der Waals surface area contributed by atoms with Crippen LogP contribution in [0.25, 0.3) is 0 Å². The maximum atomic E-state index is 12.1. The number of hydrogen-bond acceptors (Lipinski definition) is 5. The Hall–Kier alpha value is -1.12. The van der Waals surface area contributed by atoms with Crippen molar-refractivity contribution >= 4 is 63.9 Å². The van der Waals surface area contributed by atoms with Crippen LogP contribution in [0.15, 0.2) is 27.8 Å². The van der Waals surface area contributed by atoms with E-state index in [1.165, 1.54) is 23.3 Å². The summed E-state index contributed by atoms with van der Waals surface area (Å²) >= 11 is 14.6. The number of carbonyl (C=O) groups is 1. The summed E-state index contributed by atoms with van der Waals surface area (Å²) in [5.74, 6) is 0.0223. The summed E-state index contributed by atoms with van der Waals surface area (Å²) in [5.41, 5.74) is 0.615. The molecule has 0 unspecified atom stereocenters. The molecule has 0 aliphatic carbocycles. The molecule has 0 bridgehead atoms. The van der Waals surface area contributed by atoms with E-state index in [-0.39, 0.29) is 16.3 Å². The number of halogens is 2. The Morgan fingerprint density at radius 2 is 1.88 bits per heavy atom. The Labute approximate surface area is 158 Å².